The molecule has 0 radical (unpaired) electrons. The number of pyridine rings is 2. The Labute approximate surface area is 172 Å². The zero-order valence-corrected chi connectivity index (χ0v) is 16.2. The molecule has 136 valence electrons. The summed E-state index contributed by atoms with van der Waals surface area (Å²) in [6, 6.07) is 22.0. The van der Waals surface area contributed by atoms with Crippen LogP contribution in [0.2, 0.25) is 10.0 Å². The van der Waals surface area contributed by atoms with Crippen LogP contribution in [0.1, 0.15) is 16.2 Å². The first-order valence-corrected chi connectivity index (χ1v) is 9.37. The van der Waals surface area contributed by atoms with Crippen LogP contribution in [0.15, 0.2) is 85.2 Å². The van der Waals surface area contributed by atoms with E-state index in [4.69, 9.17) is 23.2 Å². The number of halogens is 2. The molecule has 0 N–H and O–H groups in total. The van der Waals surface area contributed by atoms with Crippen LogP contribution in [0.4, 0.5) is 0 Å². The molecule has 4 aromatic rings. The molecule has 0 aliphatic rings. The van der Waals surface area contributed by atoms with Gasteiger partial charge in [0, 0.05) is 44.7 Å². The number of hydrogen-bond acceptors (Lipinski definition) is 3. The second-order valence-corrected chi connectivity index (χ2v) is 6.90. The fourth-order valence-corrected chi connectivity index (χ4v) is 3.55. The first-order valence-electron chi connectivity index (χ1n) is 8.61. The van der Waals surface area contributed by atoms with Crippen LogP contribution < -0.4 is 0 Å². The number of hydrogen-bond donors (Lipinski definition) is 0. The van der Waals surface area contributed by atoms with E-state index < -0.39 is 0 Å². The Hall–Kier alpha value is -3.01. The Morgan fingerprint density at radius 1 is 0.571 bits per heavy atom. The summed E-state index contributed by atoms with van der Waals surface area (Å²) in [7, 11) is 0. The van der Waals surface area contributed by atoms with Gasteiger partial charge in [0.2, 0.25) is 5.78 Å². The molecule has 0 spiro atoms. The molecule has 4 rings (SSSR count). The molecule has 0 saturated heterocycles. The van der Waals surface area contributed by atoms with Gasteiger partial charge in [-0.25, -0.2) is 0 Å². The highest BCUT2D eigenvalue weighted by Crippen LogP contribution is 2.33. The Morgan fingerprint density at radius 2 is 0.964 bits per heavy atom. The van der Waals surface area contributed by atoms with Gasteiger partial charge in [0.15, 0.2) is 0 Å². The zero-order valence-electron chi connectivity index (χ0n) is 14.6. The van der Waals surface area contributed by atoms with Gasteiger partial charge in [0.1, 0.15) is 11.4 Å². The van der Waals surface area contributed by atoms with Crippen LogP contribution in [0.25, 0.3) is 22.3 Å². The molecular formula is C23H14Cl2N2O. The number of ketones is 1. The summed E-state index contributed by atoms with van der Waals surface area (Å²) in [4.78, 5) is 22.1. The highest BCUT2D eigenvalue weighted by Gasteiger charge is 2.22. The van der Waals surface area contributed by atoms with Crippen molar-refractivity contribution in [3.8, 4) is 22.3 Å². The number of rotatable bonds is 4. The molecule has 0 fully saturated rings. The van der Waals surface area contributed by atoms with Crippen LogP contribution >= 0.6 is 23.2 Å². The van der Waals surface area contributed by atoms with Crippen molar-refractivity contribution in [2.75, 3.05) is 0 Å². The van der Waals surface area contributed by atoms with E-state index in [1.165, 1.54) is 0 Å². The molecule has 2 aromatic carbocycles. The maximum atomic E-state index is 13.4. The molecule has 3 nitrogen and oxygen atoms in total. The Kier molecular flexibility index (Phi) is 5.20. The van der Waals surface area contributed by atoms with Gasteiger partial charge in [-0.3, -0.25) is 14.8 Å². The van der Waals surface area contributed by atoms with Crippen molar-refractivity contribution in [3.63, 3.8) is 0 Å². The van der Waals surface area contributed by atoms with Crippen molar-refractivity contribution < 1.29 is 4.79 Å². The number of carbonyl (C=O) groups is 1. The molecule has 0 aliphatic carbocycles. The molecule has 0 saturated carbocycles. The van der Waals surface area contributed by atoms with Gasteiger partial charge in [0.25, 0.3) is 0 Å². The van der Waals surface area contributed by atoms with Crippen LogP contribution in [0.5, 0.6) is 0 Å². The molecule has 28 heavy (non-hydrogen) atoms. The molecule has 2 heterocycles. The monoisotopic (exact) mass is 404 g/mol. The quantitative estimate of drug-likeness (QED) is 0.372. The van der Waals surface area contributed by atoms with Crippen molar-refractivity contribution in [1.29, 1.82) is 0 Å². The van der Waals surface area contributed by atoms with Crippen molar-refractivity contribution in [1.82, 2.24) is 9.97 Å². The maximum absolute atomic E-state index is 13.4. The predicted molar refractivity (Wildman–Crippen MR) is 113 cm³/mol. The largest absolute Gasteiger partial charge is 0.285 e. The van der Waals surface area contributed by atoms with Crippen molar-refractivity contribution >= 4 is 29.0 Å². The first kappa shape index (κ1) is 18.4. The van der Waals surface area contributed by atoms with Crippen molar-refractivity contribution in [2.45, 2.75) is 0 Å². The van der Waals surface area contributed by atoms with Crippen molar-refractivity contribution in [3.05, 3.63) is 107 Å². The number of nitrogens with zero attached hydrogens (tertiary/aromatic N) is 2. The van der Waals surface area contributed by atoms with E-state index in [1.54, 1.807) is 36.7 Å². The molecule has 0 unspecified atom stereocenters. The van der Waals surface area contributed by atoms with Crippen LogP contribution in [-0.4, -0.2) is 15.8 Å². The SMILES string of the molecule is O=C(c1ncccc1-c1ccccc1Cl)c1ncccc1-c1ccccc1Cl. The summed E-state index contributed by atoms with van der Waals surface area (Å²) in [5, 5.41) is 1.11. The van der Waals surface area contributed by atoms with Gasteiger partial charge in [-0.05, 0) is 24.3 Å². The summed E-state index contributed by atoms with van der Waals surface area (Å²) < 4.78 is 0. The molecule has 0 amide bonds. The van der Waals surface area contributed by atoms with E-state index in [0.717, 1.165) is 11.1 Å². The zero-order chi connectivity index (χ0) is 19.5. The second kappa shape index (κ2) is 7.93. The molecule has 2 aromatic heterocycles. The molecule has 0 bridgehead atoms. The lowest BCUT2D eigenvalue weighted by Gasteiger charge is -2.12. The summed E-state index contributed by atoms with van der Waals surface area (Å²) in [5.41, 5.74) is 3.40. The van der Waals surface area contributed by atoms with E-state index >= 15 is 0 Å². The summed E-state index contributed by atoms with van der Waals surface area (Å²) in [6.45, 7) is 0. The van der Waals surface area contributed by atoms with E-state index in [9.17, 15) is 4.79 Å². The first-order chi connectivity index (χ1) is 13.7. The second-order valence-electron chi connectivity index (χ2n) is 6.09. The smallest absolute Gasteiger partial charge is 0.230 e. The van der Waals surface area contributed by atoms with Gasteiger partial charge in [-0.1, -0.05) is 71.7 Å². The van der Waals surface area contributed by atoms with Crippen molar-refractivity contribution in [2.24, 2.45) is 0 Å². The van der Waals surface area contributed by atoms with Crippen LogP contribution in [-0.2, 0) is 0 Å². The van der Waals surface area contributed by atoms with Gasteiger partial charge < -0.3 is 0 Å². The molecular weight excluding hydrogens is 391 g/mol. The molecule has 0 aliphatic heterocycles. The lowest BCUT2D eigenvalue weighted by Crippen LogP contribution is -2.10. The summed E-state index contributed by atoms with van der Waals surface area (Å²) in [6.07, 6.45) is 3.18. The number of carbonyl (C=O) groups excluding carboxylic acids is 1. The fraction of sp³-hybridized carbons (Fsp3) is 0. The topological polar surface area (TPSA) is 42.9 Å². The normalized spacial score (nSPS) is 10.6. The van der Waals surface area contributed by atoms with Gasteiger partial charge >= 0.3 is 0 Å². The summed E-state index contributed by atoms with van der Waals surface area (Å²) >= 11 is 12.7. The van der Waals surface area contributed by atoms with E-state index in [0.29, 0.717) is 32.6 Å². The third-order valence-corrected chi connectivity index (χ3v) is 5.03. The fourth-order valence-electron chi connectivity index (χ4n) is 3.08. The minimum Gasteiger partial charge on any atom is -0.285 e. The maximum Gasteiger partial charge on any atom is 0.230 e. The lowest BCUT2D eigenvalue weighted by molar-refractivity contribution is 0.103. The van der Waals surface area contributed by atoms with Crippen LogP contribution in [0, 0.1) is 0 Å². The van der Waals surface area contributed by atoms with Gasteiger partial charge in [-0.2, -0.15) is 0 Å². The minimum atomic E-state index is -0.286. The summed E-state index contributed by atoms with van der Waals surface area (Å²) in [5.74, 6) is -0.286. The highest BCUT2D eigenvalue weighted by atomic mass is 35.5. The van der Waals surface area contributed by atoms with E-state index in [1.807, 2.05) is 48.5 Å². The standard InChI is InChI=1S/C23H14Cl2N2O/c24-19-11-3-1-7-15(19)17-9-5-13-26-21(17)23(28)22-18(10-6-14-27-22)16-8-2-4-12-20(16)25/h1-14H. The third kappa shape index (κ3) is 3.42. The molecule has 5 heteroatoms. The third-order valence-electron chi connectivity index (χ3n) is 4.37. The predicted octanol–water partition coefficient (Wildman–Crippen LogP) is 6.35. The number of benzene rings is 2. The highest BCUT2D eigenvalue weighted by molar-refractivity contribution is 6.34. The average molecular weight is 405 g/mol. The number of aromatic nitrogens is 2. The van der Waals surface area contributed by atoms with Crippen LogP contribution in [0.3, 0.4) is 0 Å². The van der Waals surface area contributed by atoms with Gasteiger partial charge in [-0.15, -0.1) is 0 Å². The van der Waals surface area contributed by atoms with E-state index in [-0.39, 0.29) is 5.78 Å². The van der Waals surface area contributed by atoms with E-state index in [2.05, 4.69) is 9.97 Å². The Bertz CT molecular complexity index is 1080. The Balaban J connectivity index is 1.88. The Morgan fingerprint density at radius 3 is 1.39 bits per heavy atom. The molecule has 0 atom stereocenters. The van der Waals surface area contributed by atoms with Gasteiger partial charge in [0.05, 0.1) is 0 Å². The average Bonchev–Trinajstić information content (AvgIpc) is 2.74. The minimum absolute atomic E-state index is 0.286. The lowest BCUT2D eigenvalue weighted by atomic mass is 9.96.